The molecule has 0 saturated heterocycles. The van der Waals surface area contributed by atoms with E-state index in [0.717, 1.165) is 89.9 Å². The van der Waals surface area contributed by atoms with Crippen molar-refractivity contribution >= 4 is 23.5 Å². The van der Waals surface area contributed by atoms with E-state index in [1.807, 2.05) is 0 Å². The number of rotatable bonds is 82. The minimum absolute atomic E-state index is 0.00497. The molecule has 0 aromatic heterocycles. The lowest BCUT2D eigenvalue weighted by Crippen LogP contribution is -2.41. The van der Waals surface area contributed by atoms with Gasteiger partial charge in [-0.15, -0.1) is 0 Å². The van der Waals surface area contributed by atoms with Gasteiger partial charge in [-0.1, -0.05) is 413 Å². The molecule has 14 nitrogen and oxygen atoms in total. The van der Waals surface area contributed by atoms with E-state index >= 15 is 4.57 Å². The Kier molecular flexibility index (Phi) is 73.2. The lowest BCUT2D eigenvalue weighted by molar-refractivity contribution is -0.0896. The number of hydrogen-bond donors (Lipinski definition) is 4. The predicted octanol–water partition coefficient (Wildman–Crippen LogP) is 26.5. The molecule has 566 valence electrons. The number of aliphatic hydroxyl groups is 4. The molecule has 0 radical (unpaired) electrons. The first-order valence-electron chi connectivity index (χ1n) is 41.0. The summed E-state index contributed by atoms with van der Waals surface area (Å²) in [4.78, 5) is 0. The summed E-state index contributed by atoms with van der Waals surface area (Å²) in [6.45, 7) is 6.98. The van der Waals surface area contributed by atoms with E-state index in [1.165, 1.54) is 295 Å². The monoisotopic (exact) mass is 1400 g/mol. The topological polar surface area (TPSA) is 197 Å². The third-order valence-corrected chi connectivity index (χ3v) is 24.4. The molecule has 2 unspecified atom stereocenters. The highest BCUT2D eigenvalue weighted by Crippen LogP contribution is 2.73. The van der Waals surface area contributed by atoms with Crippen LogP contribution in [0.25, 0.3) is 0 Å². The molecule has 4 N–H and O–H groups in total. The van der Waals surface area contributed by atoms with Gasteiger partial charge in [0.1, 0.15) is 18.3 Å². The number of unbranched alkanes of at least 4 members (excludes halogenated alkanes) is 60. The minimum Gasteiger partial charge on any atom is -0.394 e. The molecule has 0 amide bonds. The first kappa shape index (κ1) is 94.2. The SMILES string of the molecule is CCCCCCCCCCCCCCCCCCOP(=O)(OCCCCCCCCCCCCCCCCCC)OP(=O)(OCCCCCCCCCCCCCCCCCC)OP(=O)(OCCCCCCCCCCCCCCCCCC)OC[C@H](O)[C@@H](O)[C@H](O)CO. The molecular formula is C77H159O14P3. The Labute approximate surface area is 582 Å². The fourth-order valence-corrected chi connectivity index (χ4v) is 17.8. The second-order valence-corrected chi connectivity index (χ2v) is 33.4. The van der Waals surface area contributed by atoms with Crippen molar-refractivity contribution < 1.29 is 65.4 Å². The third-order valence-electron chi connectivity index (χ3n) is 18.8. The second kappa shape index (κ2) is 73.0. The smallest absolute Gasteiger partial charge is 0.394 e. The second-order valence-electron chi connectivity index (χ2n) is 28.2. The summed E-state index contributed by atoms with van der Waals surface area (Å²) in [6, 6.07) is 0. The Hall–Kier alpha value is 0.250. The molecule has 5 atom stereocenters. The van der Waals surface area contributed by atoms with Crippen LogP contribution in [0, 0.1) is 0 Å². The third kappa shape index (κ3) is 65.6. The van der Waals surface area contributed by atoms with Crippen molar-refractivity contribution in [2.75, 3.05) is 39.6 Å². The lowest BCUT2D eigenvalue weighted by atomic mass is 10.0. The van der Waals surface area contributed by atoms with Crippen molar-refractivity contribution in [2.24, 2.45) is 0 Å². The summed E-state index contributed by atoms with van der Waals surface area (Å²) in [5, 5.41) is 40.9. The highest BCUT2D eigenvalue weighted by atomic mass is 31.3. The van der Waals surface area contributed by atoms with Crippen LogP contribution in [0.5, 0.6) is 0 Å². The van der Waals surface area contributed by atoms with Crippen molar-refractivity contribution in [3.63, 3.8) is 0 Å². The molecule has 0 saturated carbocycles. The van der Waals surface area contributed by atoms with Crippen molar-refractivity contribution in [3.8, 4) is 0 Å². The van der Waals surface area contributed by atoms with E-state index in [9.17, 15) is 29.6 Å². The maximum absolute atomic E-state index is 15.2. The van der Waals surface area contributed by atoms with E-state index in [-0.39, 0.29) is 26.4 Å². The Bertz CT molecular complexity index is 1610. The first-order chi connectivity index (χ1) is 45.9. The minimum atomic E-state index is -5.20. The predicted molar refractivity (Wildman–Crippen MR) is 398 cm³/mol. The molecule has 0 spiro atoms. The molecule has 0 aromatic carbocycles. The Morgan fingerprint density at radius 2 is 0.383 bits per heavy atom. The van der Waals surface area contributed by atoms with Gasteiger partial charge in [0.25, 0.3) is 0 Å². The van der Waals surface area contributed by atoms with Crippen LogP contribution in [0.4, 0.5) is 0 Å². The van der Waals surface area contributed by atoms with Gasteiger partial charge in [-0.2, -0.15) is 8.62 Å². The average molecular weight is 1400 g/mol. The van der Waals surface area contributed by atoms with Crippen molar-refractivity contribution in [1.82, 2.24) is 0 Å². The summed E-state index contributed by atoms with van der Waals surface area (Å²) in [7, 11) is -15.0. The zero-order chi connectivity index (χ0) is 68.7. The van der Waals surface area contributed by atoms with E-state index in [2.05, 4.69) is 27.7 Å². The highest BCUT2D eigenvalue weighted by molar-refractivity contribution is 7.67. The lowest BCUT2D eigenvalue weighted by Gasteiger charge is -2.27. The standard InChI is InChI=1S/C77H159O14P3/c1-5-9-13-17-21-25-29-33-37-41-45-49-53-57-61-65-69-85-92(82,86-70-66-62-58-54-50-46-42-38-34-30-26-22-18-14-10-6-2)90-94(84,88-72-68-64-60-56-52-48-44-40-36-32-28-24-20-16-12-8-4)91-93(83,89-74-76(80)77(81)75(79)73-78)87-71-67-63-59-55-51-47-43-39-35-31-27-23-19-15-11-7-3/h75-81H,5-74H2,1-4H3/t75-,76+,77+,93?,94?/m1/s1. The molecule has 0 aliphatic heterocycles. The van der Waals surface area contributed by atoms with Gasteiger partial charge in [0, 0.05) is 0 Å². The van der Waals surface area contributed by atoms with Crippen molar-refractivity contribution in [2.45, 2.75) is 457 Å². The van der Waals surface area contributed by atoms with Gasteiger partial charge in [-0.25, -0.2) is 13.7 Å². The van der Waals surface area contributed by atoms with Crippen LogP contribution in [0.15, 0.2) is 0 Å². The highest BCUT2D eigenvalue weighted by Gasteiger charge is 2.48. The molecular weight excluding hydrogens is 1240 g/mol. The van der Waals surface area contributed by atoms with E-state index < -0.39 is 55.0 Å². The van der Waals surface area contributed by atoms with Crippen LogP contribution in [0.3, 0.4) is 0 Å². The molecule has 94 heavy (non-hydrogen) atoms. The van der Waals surface area contributed by atoms with Crippen molar-refractivity contribution in [1.29, 1.82) is 0 Å². The van der Waals surface area contributed by atoms with E-state index in [0.29, 0.717) is 25.7 Å². The summed E-state index contributed by atoms with van der Waals surface area (Å²) in [5.41, 5.74) is 0. The molecule has 0 aliphatic carbocycles. The van der Waals surface area contributed by atoms with Crippen LogP contribution >= 0.6 is 23.5 Å². The average Bonchev–Trinajstić information content (AvgIpc) is 0.833. The van der Waals surface area contributed by atoms with E-state index in [4.69, 9.17) is 31.2 Å². The van der Waals surface area contributed by atoms with Crippen molar-refractivity contribution in [3.05, 3.63) is 0 Å². The maximum atomic E-state index is 15.2. The molecule has 0 fully saturated rings. The Balaban J connectivity index is 6.04. The molecule has 0 aliphatic rings. The van der Waals surface area contributed by atoms with Crippen LogP contribution in [0.2, 0.25) is 0 Å². The van der Waals surface area contributed by atoms with Crippen LogP contribution < -0.4 is 0 Å². The summed E-state index contributed by atoms with van der Waals surface area (Å²) in [6.07, 6.45) is 70.2. The first-order valence-corrected chi connectivity index (χ1v) is 45.4. The summed E-state index contributed by atoms with van der Waals surface area (Å²) in [5.74, 6) is 0. The van der Waals surface area contributed by atoms with Gasteiger partial charge in [-0.05, 0) is 25.7 Å². The summed E-state index contributed by atoms with van der Waals surface area (Å²) < 4.78 is 85.8. The normalized spacial score (nSPS) is 14.4. The molecule has 0 rings (SSSR count). The van der Waals surface area contributed by atoms with Crippen LogP contribution in [-0.4, -0.2) is 78.4 Å². The largest absolute Gasteiger partial charge is 0.492 e. The maximum Gasteiger partial charge on any atom is 0.492 e. The fourth-order valence-electron chi connectivity index (χ4n) is 12.4. The van der Waals surface area contributed by atoms with Crippen LogP contribution in [-0.2, 0) is 44.9 Å². The molecule has 0 aromatic rings. The van der Waals surface area contributed by atoms with Gasteiger partial charge in [0.15, 0.2) is 0 Å². The van der Waals surface area contributed by atoms with Gasteiger partial charge in [0.05, 0.1) is 39.6 Å². The molecule has 17 heteroatoms. The Morgan fingerprint density at radius 3 is 0.564 bits per heavy atom. The number of hydrogen-bond acceptors (Lipinski definition) is 14. The quantitative estimate of drug-likeness (QED) is 0.0331. The van der Waals surface area contributed by atoms with Gasteiger partial charge < -0.3 is 20.4 Å². The fraction of sp³-hybridized carbons (Fsp3) is 1.00. The number of phosphoric acid groups is 3. The van der Waals surface area contributed by atoms with Gasteiger partial charge >= 0.3 is 23.5 Å². The molecule has 0 bridgehead atoms. The zero-order valence-electron chi connectivity index (χ0n) is 62.4. The zero-order valence-corrected chi connectivity index (χ0v) is 65.1. The van der Waals surface area contributed by atoms with Gasteiger partial charge in [-0.3, -0.25) is 22.6 Å². The summed E-state index contributed by atoms with van der Waals surface area (Å²) >= 11 is 0. The van der Waals surface area contributed by atoms with Gasteiger partial charge in [0.2, 0.25) is 0 Å². The van der Waals surface area contributed by atoms with Crippen LogP contribution in [0.1, 0.15) is 439 Å². The Morgan fingerprint density at radius 1 is 0.223 bits per heavy atom. The number of phosphoric ester groups is 2. The number of aliphatic hydroxyl groups excluding tert-OH is 4. The van der Waals surface area contributed by atoms with E-state index in [1.54, 1.807) is 0 Å². The molecule has 0 heterocycles.